The molecule has 1 saturated heterocycles. The van der Waals surface area contributed by atoms with Crippen LogP contribution in [-0.4, -0.2) is 53.0 Å². The number of hydrogen-bond acceptors (Lipinski definition) is 5. The predicted octanol–water partition coefficient (Wildman–Crippen LogP) is 2.88. The van der Waals surface area contributed by atoms with Crippen molar-refractivity contribution in [3.63, 3.8) is 0 Å². The summed E-state index contributed by atoms with van der Waals surface area (Å²) < 4.78 is 5.84. The van der Waals surface area contributed by atoms with Crippen LogP contribution in [0.15, 0.2) is 24.3 Å². The number of para-hydroxylation sites is 1. The van der Waals surface area contributed by atoms with Gasteiger partial charge in [-0.2, -0.15) is 5.26 Å². The molecule has 2 heterocycles. The monoisotopic (exact) mass is 466 g/mol. The molecular formula is C26H34N4O4. The van der Waals surface area contributed by atoms with Gasteiger partial charge in [-0.1, -0.05) is 31.0 Å². The van der Waals surface area contributed by atoms with Crippen molar-refractivity contribution in [1.29, 1.82) is 5.26 Å². The summed E-state index contributed by atoms with van der Waals surface area (Å²) in [5.41, 5.74) is 0.251. The zero-order valence-electron chi connectivity index (χ0n) is 20.4. The van der Waals surface area contributed by atoms with Gasteiger partial charge in [0.2, 0.25) is 17.7 Å². The van der Waals surface area contributed by atoms with Gasteiger partial charge in [-0.25, -0.2) is 0 Å². The number of anilines is 1. The number of carbonyl (C=O) groups excluding carboxylic acids is 3. The smallest absolute Gasteiger partial charge is 0.246 e. The number of nitrogens with zero attached hydrogens (tertiary/aromatic N) is 2. The second kappa shape index (κ2) is 9.03. The van der Waals surface area contributed by atoms with E-state index in [1.807, 2.05) is 52.0 Å². The molecule has 0 aromatic heterocycles. The second-order valence-electron chi connectivity index (χ2n) is 10.9. The first kappa shape index (κ1) is 24.2. The molecule has 2 N–H and O–H groups in total. The fourth-order valence-corrected chi connectivity index (χ4v) is 5.25. The Kier molecular flexibility index (Phi) is 6.43. The number of nitriles is 1. The van der Waals surface area contributed by atoms with E-state index in [-0.39, 0.29) is 48.8 Å². The highest BCUT2D eigenvalue weighted by molar-refractivity contribution is 6.07. The van der Waals surface area contributed by atoms with Gasteiger partial charge in [0.25, 0.3) is 0 Å². The molecular weight excluding hydrogens is 432 g/mol. The summed E-state index contributed by atoms with van der Waals surface area (Å²) in [4.78, 5) is 41.0. The molecule has 3 aliphatic rings. The number of amides is 3. The Morgan fingerprint density at radius 3 is 2.68 bits per heavy atom. The Morgan fingerprint density at radius 1 is 1.32 bits per heavy atom. The Hall–Kier alpha value is -2.92. The fraction of sp³-hybridized carbons (Fsp3) is 0.615. The number of benzene rings is 1. The van der Waals surface area contributed by atoms with E-state index in [2.05, 4.69) is 16.7 Å². The van der Waals surface area contributed by atoms with Gasteiger partial charge < -0.3 is 20.3 Å². The van der Waals surface area contributed by atoms with Crippen LogP contribution in [0.3, 0.4) is 0 Å². The molecule has 1 saturated carbocycles. The number of fused-ring (bicyclic) bond motifs is 2. The van der Waals surface area contributed by atoms with Gasteiger partial charge in [0.1, 0.15) is 12.1 Å². The molecule has 8 nitrogen and oxygen atoms in total. The molecule has 3 amide bonds. The van der Waals surface area contributed by atoms with E-state index < -0.39 is 17.5 Å². The lowest BCUT2D eigenvalue weighted by atomic mass is 9.80. The third kappa shape index (κ3) is 4.95. The summed E-state index contributed by atoms with van der Waals surface area (Å²) in [6.07, 6.45) is 2.71. The quantitative estimate of drug-likeness (QED) is 0.642. The van der Waals surface area contributed by atoms with Crippen molar-refractivity contribution in [3.8, 4) is 6.07 Å². The Bertz CT molecular complexity index is 1020. The molecule has 8 heteroatoms. The zero-order valence-corrected chi connectivity index (χ0v) is 20.4. The van der Waals surface area contributed by atoms with Gasteiger partial charge in [-0.15, -0.1) is 0 Å². The first-order chi connectivity index (χ1) is 16.0. The van der Waals surface area contributed by atoms with Crippen molar-refractivity contribution in [2.24, 2.45) is 5.92 Å². The number of ether oxygens (including phenoxy) is 1. The van der Waals surface area contributed by atoms with E-state index in [0.717, 1.165) is 24.1 Å². The number of carbonyl (C=O) groups is 3. The van der Waals surface area contributed by atoms with Crippen molar-refractivity contribution in [2.45, 2.75) is 89.0 Å². The van der Waals surface area contributed by atoms with Crippen LogP contribution in [0.1, 0.15) is 65.4 Å². The number of hydrogen-bond donors (Lipinski definition) is 2. The molecule has 1 aromatic carbocycles. The maximum atomic E-state index is 13.7. The van der Waals surface area contributed by atoms with Crippen LogP contribution in [-0.2, 0) is 24.5 Å². The maximum Gasteiger partial charge on any atom is 0.246 e. The largest absolute Gasteiger partial charge is 0.372 e. The molecule has 34 heavy (non-hydrogen) atoms. The first-order valence-electron chi connectivity index (χ1n) is 12.1. The predicted molar refractivity (Wildman–Crippen MR) is 127 cm³/mol. The summed E-state index contributed by atoms with van der Waals surface area (Å²) in [6.45, 7) is 7.78. The van der Waals surface area contributed by atoms with Gasteiger partial charge in [0.05, 0.1) is 29.6 Å². The van der Waals surface area contributed by atoms with Crippen LogP contribution in [0.5, 0.6) is 0 Å². The highest BCUT2D eigenvalue weighted by Gasteiger charge is 2.56. The molecule has 2 aliphatic heterocycles. The van der Waals surface area contributed by atoms with Gasteiger partial charge in [0, 0.05) is 18.7 Å². The molecule has 1 aromatic rings. The molecule has 1 spiro atoms. The van der Waals surface area contributed by atoms with Crippen molar-refractivity contribution in [2.75, 3.05) is 11.9 Å². The Balaban J connectivity index is 1.51. The van der Waals surface area contributed by atoms with Crippen molar-refractivity contribution in [3.05, 3.63) is 29.8 Å². The zero-order chi connectivity index (χ0) is 24.7. The average Bonchev–Trinajstić information content (AvgIpc) is 3.41. The van der Waals surface area contributed by atoms with Crippen LogP contribution in [0.4, 0.5) is 5.69 Å². The molecule has 4 rings (SSSR count). The topological polar surface area (TPSA) is 112 Å². The molecule has 0 bridgehead atoms. The third-order valence-corrected chi connectivity index (χ3v) is 6.84. The number of nitrogens with one attached hydrogen (secondary N) is 2. The third-order valence-electron chi connectivity index (χ3n) is 6.84. The molecule has 0 unspecified atom stereocenters. The fourth-order valence-electron chi connectivity index (χ4n) is 5.25. The standard InChI is InChI=1S/C26H34N4O4/c1-16(34-25(2,3)4)11-22(31)28-21(12-17-9-10-17)23(32)30-15-26(13-18(30)14-27)19-7-5-6-8-20(19)29-24(26)33/h5-8,16-18,21H,9-13,15H2,1-4H3,(H,28,31)(H,29,33)/t16-,18+,21+,26+/m1/s1. The van der Waals surface area contributed by atoms with Gasteiger partial charge >= 0.3 is 0 Å². The van der Waals surface area contributed by atoms with Crippen LogP contribution in [0, 0.1) is 17.2 Å². The normalized spacial score (nSPS) is 25.4. The van der Waals surface area contributed by atoms with E-state index in [1.54, 1.807) is 0 Å². The van der Waals surface area contributed by atoms with Gasteiger partial charge in [-0.3, -0.25) is 14.4 Å². The highest BCUT2D eigenvalue weighted by atomic mass is 16.5. The first-order valence-corrected chi connectivity index (χ1v) is 12.1. The summed E-state index contributed by atoms with van der Waals surface area (Å²) in [5, 5.41) is 15.7. The van der Waals surface area contributed by atoms with Crippen LogP contribution in [0.2, 0.25) is 0 Å². The van der Waals surface area contributed by atoms with E-state index in [4.69, 9.17) is 4.74 Å². The number of rotatable bonds is 7. The van der Waals surface area contributed by atoms with Crippen LogP contribution < -0.4 is 10.6 Å². The summed E-state index contributed by atoms with van der Waals surface area (Å²) in [6, 6.07) is 8.22. The van der Waals surface area contributed by atoms with Crippen molar-refractivity contribution < 1.29 is 19.1 Å². The Labute approximate surface area is 201 Å². The van der Waals surface area contributed by atoms with Crippen molar-refractivity contribution >= 4 is 23.4 Å². The van der Waals surface area contributed by atoms with Gasteiger partial charge in [0.15, 0.2) is 0 Å². The summed E-state index contributed by atoms with van der Waals surface area (Å²) in [7, 11) is 0. The van der Waals surface area contributed by atoms with Gasteiger partial charge in [-0.05, 0) is 51.7 Å². The maximum absolute atomic E-state index is 13.7. The molecule has 4 atom stereocenters. The van der Waals surface area contributed by atoms with E-state index in [9.17, 15) is 19.6 Å². The summed E-state index contributed by atoms with van der Waals surface area (Å²) >= 11 is 0. The average molecular weight is 467 g/mol. The van der Waals surface area contributed by atoms with Crippen LogP contribution in [0.25, 0.3) is 0 Å². The minimum absolute atomic E-state index is 0.132. The van der Waals surface area contributed by atoms with Crippen molar-refractivity contribution in [1.82, 2.24) is 10.2 Å². The highest BCUT2D eigenvalue weighted by Crippen LogP contribution is 2.46. The van der Waals surface area contributed by atoms with E-state index in [1.165, 1.54) is 4.90 Å². The minimum atomic E-state index is -0.935. The molecule has 2 fully saturated rings. The minimum Gasteiger partial charge on any atom is -0.372 e. The lowest BCUT2D eigenvalue weighted by Gasteiger charge is -2.28. The Morgan fingerprint density at radius 2 is 2.03 bits per heavy atom. The summed E-state index contributed by atoms with van der Waals surface area (Å²) in [5.74, 6) is -0.322. The second-order valence-corrected chi connectivity index (χ2v) is 10.9. The molecule has 0 radical (unpaired) electrons. The van der Waals surface area contributed by atoms with Crippen LogP contribution >= 0.6 is 0 Å². The molecule has 1 aliphatic carbocycles. The molecule has 182 valence electrons. The van der Waals surface area contributed by atoms with E-state index >= 15 is 0 Å². The lowest BCUT2D eigenvalue weighted by molar-refractivity contribution is -0.138. The SMILES string of the molecule is C[C@H](CC(=O)N[C@@H](CC1CC1)C(=O)N1C[C@]2(C[C@H]1C#N)C(=O)Nc1ccccc12)OC(C)(C)C. The lowest BCUT2D eigenvalue weighted by Crippen LogP contribution is -2.51. The number of likely N-dealkylation sites (tertiary alicyclic amines) is 1. The van der Waals surface area contributed by atoms with E-state index in [0.29, 0.717) is 12.3 Å².